The van der Waals surface area contributed by atoms with Crippen molar-refractivity contribution in [3.05, 3.63) is 32.7 Å². The van der Waals surface area contributed by atoms with Crippen molar-refractivity contribution >= 4 is 49.4 Å². The molecule has 0 heterocycles. The van der Waals surface area contributed by atoms with Gasteiger partial charge in [0.15, 0.2) is 0 Å². The fraction of sp³-hybridized carbons (Fsp3) is 0.462. The van der Waals surface area contributed by atoms with Crippen molar-refractivity contribution in [3.8, 4) is 0 Å². The summed E-state index contributed by atoms with van der Waals surface area (Å²) < 4.78 is 1.73. The molecule has 0 aliphatic heterocycles. The molecule has 1 aromatic rings. The lowest BCUT2D eigenvalue weighted by Crippen LogP contribution is -2.49. The number of rotatable bonds is 5. The highest BCUT2D eigenvalue weighted by molar-refractivity contribution is 9.11. The molecule has 0 aliphatic carbocycles. The zero-order valence-corrected chi connectivity index (χ0v) is 14.3. The molecule has 0 atom stereocenters. The number of hydrogen-bond acceptors (Lipinski definition) is 1. The number of alkyl halides is 1. The van der Waals surface area contributed by atoms with Gasteiger partial charge in [0.25, 0.3) is 5.91 Å². The quantitative estimate of drug-likeness (QED) is 0.715. The standard InChI is InChI=1S/C13H16Br2ClNO/c1-3-13(4-2,8-16)17-12(18)9-5-10(14)7-11(15)6-9/h5-7H,3-4,8H2,1-2H3,(H,17,18). The molecule has 0 unspecified atom stereocenters. The van der Waals surface area contributed by atoms with Crippen molar-refractivity contribution < 1.29 is 4.79 Å². The molecule has 0 radical (unpaired) electrons. The summed E-state index contributed by atoms with van der Waals surface area (Å²) in [4.78, 5) is 12.2. The Bertz CT molecular complexity index is 404. The van der Waals surface area contributed by atoms with Gasteiger partial charge in [-0.1, -0.05) is 45.7 Å². The molecular weight excluding hydrogens is 381 g/mol. The van der Waals surface area contributed by atoms with Gasteiger partial charge in [-0.2, -0.15) is 0 Å². The summed E-state index contributed by atoms with van der Waals surface area (Å²) in [5.41, 5.74) is 0.292. The van der Waals surface area contributed by atoms with E-state index < -0.39 is 0 Å². The molecule has 1 rings (SSSR count). The van der Waals surface area contributed by atoms with E-state index in [2.05, 4.69) is 37.2 Å². The molecule has 0 bridgehead atoms. The number of hydrogen-bond donors (Lipinski definition) is 1. The molecule has 18 heavy (non-hydrogen) atoms. The zero-order chi connectivity index (χ0) is 13.8. The maximum atomic E-state index is 12.2. The van der Waals surface area contributed by atoms with Gasteiger partial charge in [0.2, 0.25) is 0 Å². The molecule has 0 aliphatic rings. The largest absolute Gasteiger partial charge is 0.345 e. The van der Waals surface area contributed by atoms with E-state index >= 15 is 0 Å². The summed E-state index contributed by atoms with van der Waals surface area (Å²) in [6, 6.07) is 5.49. The smallest absolute Gasteiger partial charge is 0.251 e. The van der Waals surface area contributed by atoms with Gasteiger partial charge in [0.05, 0.1) is 5.54 Å². The maximum absolute atomic E-state index is 12.2. The Kier molecular flexibility index (Phi) is 6.15. The van der Waals surface area contributed by atoms with Gasteiger partial charge in [-0.25, -0.2) is 0 Å². The van der Waals surface area contributed by atoms with Crippen LogP contribution in [0.3, 0.4) is 0 Å². The first-order valence-electron chi connectivity index (χ1n) is 5.81. The van der Waals surface area contributed by atoms with E-state index in [0.29, 0.717) is 11.4 Å². The lowest BCUT2D eigenvalue weighted by Gasteiger charge is -2.30. The molecule has 1 N–H and O–H groups in total. The lowest BCUT2D eigenvalue weighted by molar-refractivity contribution is 0.0902. The molecule has 0 saturated carbocycles. The van der Waals surface area contributed by atoms with Crippen LogP contribution in [0.15, 0.2) is 27.1 Å². The Hall–Kier alpha value is -0.0600. The second-order valence-electron chi connectivity index (χ2n) is 4.23. The summed E-state index contributed by atoms with van der Waals surface area (Å²) in [6.45, 7) is 4.06. The third-order valence-electron chi connectivity index (χ3n) is 3.11. The molecule has 1 aromatic carbocycles. The normalized spacial score (nSPS) is 11.4. The number of halogens is 3. The minimum absolute atomic E-state index is 0.0960. The van der Waals surface area contributed by atoms with Crippen LogP contribution in [0.2, 0.25) is 0 Å². The van der Waals surface area contributed by atoms with Crippen molar-refractivity contribution in [1.29, 1.82) is 0 Å². The topological polar surface area (TPSA) is 29.1 Å². The maximum Gasteiger partial charge on any atom is 0.251 e. The fourth-order valence-electron chi connectivity index (χ4n) is 1.65. The van der Waals surface area contributed by atoms with Crippen LogP contribution in [-0.2, 0) is 0 Å². The van der Waals surface area contributed by atoms with Crippen LogP contribution in [0.25, 0.3) is 0 Å². The Morgan fingerprint density at radius 2 is 1.72 bits per heavy atom. The Labute approximate surface area is 130 Å². The second kappa shape index (κ2) is 6.92. The predicted octanol–water partition coefficient (Wildman–Crippen LogP) is 4.74. The molecule has 0 spiro atoms. The molecule has 0 aromatic heterocycles. The number of carbonyl (C=O) groups is 1. The lowest BCUT2D eigenvalue weighted by atomic mass is 9.94. The highest BCUT2D eigenvalue weighted by atomic mass is 79.9. The van der Waals surface area contributed by atoms with E-state index in [0.717, 1.165) is 21.8 Å². The average Bonchev–Trinajstić information content (AvgIpc) is 2.35. The molecule has 2 nitrogen and oxygen atoms in total. The first-order valence-corrected chi connectivity index (χ1v) is 7.93. The predicted molar refractivity (Wildman–Crippen MR) is 83.3 cm³/mol. The van der Waals surface area contributed by atoms with Crippen molar-refractivity contribution in [2.45, 2.75) is 32.2 Å². The Morgan fingerprint density at radius 1 is 1.22 bits per heavy atom. The van der Waals surface area contributed by atoms with E-state index in [1.165, 1.54) is 0 Å². The van der Waals surface area contributed by atoms with Gasteiger partial charge in [0, 0.05) is 20.4 Å². The van der Waals surface area contributed by atoms with Crippen LogP contribution in [0.1, 0.15) is 37.0 Å². The van der Waals surface area contributed by atoms with Gasteiger partial charge in [-0.05, 0) is 31.0 Å². The zero-order valence-electron chi connectivity index (χ0n) is 10.4. The second-order valence-corrected chi connectivity index (χ2v) is 6.33. The van der Waals surface area contributed by atoms with Crippen molar-refractivity contribution in [1.82, 2.24) is 5.32 Å². The van der Waals surface area contributed by atoms with Gasteiger partial charge in [0.1, 0.15) is 0 Å². The van der Waals surface area contributed by atoms with Crippen LogP contribution in [0, 0.1) is 0 Å². The number of benzene rings is 1. The molecular formula is C13H16Br2ClNO. The molecule has 5 heteroatoms. The third-order valence-corrected chi connectivity index (χ3v) is 4.54. The summed E-state index contributed by atoms with van der Waals surface area (Å²) >= 11 is 12.7. The van der Waals surface area contributed by atoms with Gasteiger partial charge >= 0.3 is 0 Å². The Balaban J connectivity index is 2.94. The third kappa shape index (κ3) is 3.97. The molecule has 100 valence electrons. The summed E-state index contributed by atoms with van der Waals surface area (Å²) in [5, 5.41) is 3.04. The molecule has 1 amide bonds. The minimum Gasteiger partial charge on any atom is -0.345 e. The van der Waals surface area contributed by atoms with Gasteiger partial charge in [-0.15, -0.1) is 11.6 Å². The van der Waals surface area contributed by atoms with Gasteiger partial charge in [-0.3, -0.25) is 4.79 Å². The Morgan fingerprint density at radius 3 is 2.11 bits per heavy atom. The monoisotopic (exact) mass is 395 g/mol. The van der Waals surface area contributed by atoms with Crippen LogP contribution < -0.4 is 5.32 Å². The number of carbonyl (C=O) groups excluding carboxylic acids is 1. The fourth-order valence-corrected chi connectivity index (χ4v) is 3.39. The first kappa shape index (κ1) is 16.0. The average molecular weight is 398 g/mol. The van der Waals surface area contributed by atoms with E-state index in [-0.39, 0.29) is 11.4 Å². The highest BCUT2D eigenvalue weighted by Crippen LogP contribution is 2.22. The summed E-state index contributed by atoms with van der Waals surface area (Å²) in [6.07, 6.45) is 1.63. The first-order chi connectivity index (χ1) is 8.46. The van der Waals surface area contributed by atoms with Crippen molar-refractivity contribution in [2.75, 3.05) is 5.88 Å². The number of amides is 1. The minimum atomic E-state index is -0.326. The summed E-state index contributed by atoms with van der Waals surface area (Å²) in [7, 11) is 0. The van der Waals surface area contributed by atoms with Crippen LogP contribution in [-0.4, -0.2) is 17.3 Å². The molecule has 0 fully saturated rings. The number of nitrogens with one attached hydrogen (secondary N) is 1. The van der Waals surface area contributed by atoms with E-state index in [9.17, 15) is 4.79 Å². The van der Waals surface area contributed by atoms with E-state index in [1.807, 2.05) is 19.9 Å². The van der Waals surface area contributed by atoms with Crippen LogP contribution in [0.4, 0.5) is 0 Å². The van der Waals surface area contributed by atoms with Crippen molar-refractivity contribution in [2.24, 2.45) is 0 Å². The van der Waals surface area contributed by atoms with Crippen molar-refractivity contribution in [3.63, 3.8) is 0 Å². The SMILES string of the molecule is CCC(CC)(CCl)NC(=O)c1cc(Br)cc(Br)c1. The molecule has 0 saturated heterocycles. The summed E-state index contributed by atoms with van der Waals surface area (Å²) in [5.74, 6) is 0.322. The highest BCUT2D eigenvalue weighted by Gasteiger charge is 2.27. The van der Waals surface area contributed by atoms with E-state index in [1.54, 1.807) is 12.1 Å². The van der Waals surface area contributed by atoms with Gasteiger partial charge < -0.3 is 5.32 Å². The van der Waals surface area contributed by atoms with E-state index in [4.69, 9.17) is 11.6 Å². The van der Waals surface area contributed by atoms with Crippen LogP contribution >= 0.6 is 43.5 Å². The van der Waals surface area contributed by atoms with Crippen LogP contribution in [0.5, 0.6) is 0 Å².